The molecule has 2 fully saturated rings. The van der Waals surface area contributed by atoms with Crippen LogP contribution in [0.25, 0.3) is 0 Å². The maximum absolute atomic E-state index is 13.9. The van der Waals surface area contributed by atoms with Gasteiger partial charge in [-0.05, 0) is 66.9 Å². The predicted molar refractivity (Wildman–Crippen MR) is 154 cm³/mol. The molecule has 0 unspecified atom stereocenters. The number of nitrogens with one attached hydrogen (secondary N) is 2. The summed E-state index contributed by atoms with van der Waals surface area (Å²) in [7, 11) is 0. The van der Waals surface area contributed by atoms with E-state index in [1.807, 2.05) is 41.3 Å². The zero-order valence-electron chi connectivity index (χ0n) is 23.6. The standard InChI is InChI=1S/C31H30F3N5O5/c32-31(33,34)22-7-9-23(10-8-22)36-29(42)37-14-12-30(13-15-37)28(41)38(19-39(30)24-4-2-1-3-5-24)18-27(40)35-17-21-6-11-25-26(16-21)44-20-43-25/h1-11,16H,12-15,17-20H2,(H,35,40)(H,36,42). The van der Waals surface area contributed by atoms with Crippen LogP contribution in [0.5, 0.6) is 11.5 Å². The molecule has 0 radical (unpaired) electrons. The number of likely N-dealkylation sites (tertiary alicyclic amines) is 1. The van der Waals surface area contributed by atoms with Gasteiger partial charge in [-0.3, -0.25) is 9.59 Å². The number of benzene rings is 3. The number of nitrogens with zero attached hydrogens (tertiary/aromatic N) is 3. The van der Waals surface area contributed by atoms with E-state index in [4.69, 9.17) is 9.47 Å². The second kappa shape index (κ2) is 11.6. The molecule has 3 aromatic rings. The van der Waals surface area contributed by atoms with Gasteiger partial charge in [0.15, 0.2) is 11.5 Å². The first-order chi connectivity index (χ1) is 21.1. The minimum atomic E-state index is -4.47. The van der Waals surface area contributed by atoms with Crippen molar-refractivity contribution in [2.45, 2.75) is 31.1 Å². The van der Waals surface area contributed by atoms with Gasteiger partial charge in [0.05, 0.1) is 12.2 Å². The Kier molecular flexibility index (Phi) is 7.70. The van der Waals surface area contributed by atoms with Crippen molar-refractivity contribution in [1.29, 1.82) is 0 Å². The average molecular weight is 610 g/mol. The summed E-state index contributed by atoms with van der Waals surface area (Å²) >= 11 is 0. The molecule has 3 heterocycles. The van der Waals surface area contributed by atoms with E-state index in [2.05, 4.69) is 10.6 Å². The van der Waals surface area contributed by atoms with Crippen LogP contribution in [0.4, 0.5) is 29.3 Å². The van der Waals surface area contributed by atoms with Crippen molar-refractivity contribution in [1.82, 2.24) is 15.1 Å². The number of anilines is 2. The van der Waals surface area contributed by atoms with Crippen LogP contribution < -0.4 is 25.0 Å². The van der Waals surface area contributed by atoms with Gasteiger partial charge in [-0.15, -0.1) is 0 Å². The van der Waals surface area contributed by atoms with Gasteiger partial charge in [0.2, 0.25) is 12.7 Å². The minimum Gasteiger partial charge on any atom is -0.454 e. The molecule has 2 saturated heterocycles. The van der Waals surface area contributed by atoms with Gasteiger partial charge in [-0.2, -0.15) is 13.2 Å². The van der Waals surface area contributed by atoms with Crippen LogP contribution in [0.3, 0.4) is 0 Å². The van der Waals surface area contributed by atoms with E-state index in [0.717, 1.165) is 23.4 Å². The lowest BCUT2D eigenvalue weighted by atomic mass is 9.85. The lowest BCUT2D eigenvalue weighted by Gasteiger charge is -2.43. The maximum Gasteiger partial charge on any atom is 0.416 e. The van der Waals surface area contributed by atoms with Gasteiger partial charge >= 0.3 is 12.2 Å². The molecule has 230 valence electrons. The number of carbonyl (C=O) groups excluding carboxylic acids is 3. The average Bonchev–Trinajstić information content (AvgIpc) is 3.59. The summed E-state index contributed by atoms with van der Waals surface area (Å²) in [5.74, 6) is 0.764. The summed E-state index contributed by atoms with van der Waals surface area (Å²) in [6.07, 6.45) is -3.84. The van der Waals surface area contributed by atoms with Crippen LogP contribution in [0, 0.1) is 0 Å². The number of ether oxygens (including phenoxy) is 2. The lowest BCUT2D eigenvalue weighted by molar-refractivity contribution is -0.137. The molecule has 0 saturated carbocycles. The van der Waals surface area contributed by atoms with E-state index in [1.54, 1.807) is 17.0 Å². The Balaban J connectivity index is 1.10. The van der Waals surface area contributed by atoms with Gasteiger partial charge in [-0.1, -0.05) is 24.3 Å². The number of fused-ring (bicyclic) bond motifs is 1. The number of alkyl halides is 3. The molecule has 2 N–H and O–H groups in total. The zero-order valence-corrected chi connectivity index (χ0v) is 23.6. The van der Waals surface area contributed by atoms with Crippen LogP contribution in [0.1, 0.15) is 24.0 Å². The highest BCUT2D eigenvalue weighted by Gasteiger charge is 2.54. The Morgan fingerprint density at radius 1 is 0.909 bits per heavy atom. The highest BCUT2D eigenvalue weighted by molar-refractivity contribution is 5.97. The van der Waals surface area contributed by atoms with Crippen molar-refractivity contribution >= 4 is 29.2 Å². The summed E-state index contributed by atoms with van der Waals surface area (Å²) in [5, 5.41) is 5.51. The number of piperidine rings is 1. The van der Waals surface area contributed by atoms with Gasteiger partial charge in [0.25, 0.3) is 5.91 Å². The topological polar surface area (TPSA) is 103 Å². The molecular formula is C31H30F3N5O5. The highest BCUT2D eigenvalue weighted by Crippen LogP contribution is 2.40. The van der Waals surface area contributed by atoms with E-state index >= 15 is 0 Å². The molecule has 1 spiro atoms. The van der Waals surface area contributed by atoms with E-state index in [1.165, 1.54) is 17.0 Å². The van der Waals surface area contributed by atoms with Gasteiger partial charge in [0, 0.05) is 31.0 Å². The Hall–Kier alpha value is -4.94. The Morgan fingerprint density at radius 3 is 2.32 bits per heavy atom. The number of halogens is 3. The second-order valence-electron chi connectivity index (χ2n) is 10.9. The molecule has 3 aliphatic rings. The molecule has 0 aliphatic carbocycles. The molecule has 0 bridgehead atoms. The van der Waals surface area contributed by atoms with Crippen molar-refractivity contribution in [2.24, 2.45) is 0 Å². The molecule has 0 aromatic heterocycles. The fourth-order valence-corrected chi connectivity index (χ4v) is 5.83. The van der Waals surface area contributed by atoms with Crippen molar-refractivity contribution in [3.05, 3.63) is 83.9 Å². The third kappa shape index (κ3) is 5.81. The number of carbonyl (C=O) groups is 3. The second-order valence-corrected chi connectivity index (χ2v) is 10.9. The third-order valence-corrected chi connectivity index (χ3v) is 8.18. The summed E-state index contributed by atoms with van der Waals surface area (Å²) in [4.78, 5) is 44.9. The summed E-state index contributed by atoms with van der Waals surface area (Å²) in [5.41, 5.74) is 0.141. The fraction of sp³-hybridized carbons (Fsp3) is 0.323. The van der Waals surface area contributed by atoms with Crippen molar-refractivity contribution in [2.75, 3.05) is 43.3 Å². The SMILES string of the molecule is O=C(CN1CN(c2ccccc2)C2(CCN(C(=O)Nc3ccc(C(F)(F)F)cc3)CC2)C1=O)NCc1ccc2c(c1)OCO2. The molecule has 10 nitrogen and oxygen atoms in total. The fourth-order valence-electron chi connectivity index (χ4n) is 5.83. The number of rotatable bonds is 6. The highest BCUT2D eigenvalue weighted by atomic mass is 19.4. The number of hydrogen-bond acceptors (Lipinski definition) is 6. The van der Waals surface area contributed by atoms with E-state index in [0.29, 0.717) is 24.3 Å². The Morgan fingerprint density at radius 2 is 1.61 bits per heavy atom. The van der Waals surface area contributed by atoms with Crippen molar-refractivity contribution in [3.8, 4) is 11.5 Å². The molecule has 6 rings (SSSR count). The van der Waals surface area contributed by atoms with E-state index in [9.17, 15) is 27.6 Å². The Bertz CT molecular complexity index is 1540. The molecule has 3 aliphatic heterocycles. The molecular weight excluding hydrogens is 579 g/mol. The normalized spacial score (nSPS) is 17.2. The number of urea groups is 1. The van der Waals surface area contributed by atoms with Crippen LogP contribution >= 0.6 is 0 Å². The predicted octanol–water partition coefficient (Wildman–Crippen LogP) is 4.42. The number of amides is 4. The number of para-hydroxylation sites is 1. The smallest absolute Gasteiger partial charge is 0.416 e. The minimum absolute atomic E-state index is 0.132. The van der Waals surface area contributed by atoms with Crippen LogP contribution in [-0.2, 0) is 22.3 Å². The first kappa shape index (κ1) is 29.1. The van der Waals surface area contributed by atoms with Gasteiger partial charge < -0.3 is 34.8 Å². The summed E-state index contributed by atoms with van der Waals surface area (Å²) in [6, 6.07) is 18.6. The zero-order chi connectivity index (χ0) is 30.9. The molecule has 44 heavy (non-hydrogen) atoms. The summed E-state index contributed by atoms with van der Waals surface area (Å²) < 4.78 is 49.4. The number of hydrogen-bond donors (Lipinski definition) is 2. The van der Waals surface area contributed by atoms with Gasteiger partial charge in [0.1, 0.15) is 12.1 Å². The summed E-state index contributed by atoms with van der Waals surface area (Å²) in [6.45, 7) is 0.972. The van der Waals surface area contributed by atoms with Crippen LogP contribution in [-0.4, -0.2) is 66.3 Å². The molecule has 0 atom stereocenters. The van der Waals surface area contributed by atoms with Crippen molar-refractivity contribution in [3.63, 3.8) is 0 Å². The first-order valence-electron chi connectivity index (χ1n) is 14.1. The molecule has 13 heteroatoms. The Labute approximate surface area is 251 Å². The quantitative estimate of drug-likeness (QED) is 0.429. The van der Waals surface area contributed by atoms with E-state index in [-0.39, 0.29) is 57.1 Å². The molecule has 3 aromatic carbocycles. The molecule has 4 amide bonds. The maximum atomic E-state index is 13.9. The monoisotopic (exact) mass is 609 g/mol. The third-order valence-electron chi connectivity index (χ3n) is 8.18. The van der Waals surface area contributed by atoms with Crippen molar-refractivity contribution < 1.29 is 37.0 Å². The lowest BCUT2D eigenvalue weighted by Crippen LogP contribution is -2.58. The van der Waals surface area contributed by atoms with Crippen LogP contribution in [0.2, 0.25) is 0 Å². The largest absolute Gasteiger partial charge is 0.454 e. The first-order valence-corrected chi connectivity index (χ1v) is 14.1. The van der Waals surface area contributed by atoms with Crippen LogP contribution in [0.15, 0.2) is 72.8 Å². The van der Waals surface area contributed by atoms with Gasteiger partial charge in [-0.25, -0.2) is 4.79 Å². The van der Waals surface area contributed by atoms with E-state index < -0.39 is 23.3 Å².